The maximum absolute atomic E-state index is 14.3. The maximum Gasteiger partial charge on any atom is 0.190 e. The molecule has 166 valence electrons. The minimum atomic E-state index is -0.322. The first-order valence-corrected chi connectivity index (χ1v) is 11.6. The van der Waals surface area contributed by atoms with E-state index in [0.29, 0.717) is 5.69 Å². The Labute approximate surface area is 195 Å². The monoisotopic (exact) mass is 458 g/mol. The molecule has 3 aromatic carbocycles. The van der Waals surface area contributed by atoms with Gasteiger partial charge in [-0.15, -0.1) is 11.3 Å². The molecule has 0 fully saturated rings. The van der Waals surface area contributed by atoms with Crippen molar-refractivity contribution >= 4 is 27.8 Å². The number of nitrogens with zero attached hydrogens (tertiary/aromatic N) is 4. The van der Waals surface area contributed by atoms with Crippen molar-refractivity contribution in [3.8, 4) is 17.0 Å². The van der Waals surface area contributed by atoms with Crippen LogP contribution in [-0.2, 0) is 13.1 Å². The summed E-state index contributed by atoms with van der Waals surface area (Å²) in [5.74, 6) is 0.517. The van der Waals surface area contributed by atoms with Gasteiger partial charge in [0.2, 0.25) is 0 Å². The molecule has 5 nitrogen and oxygen atoms in total. The summed E-state index contributed by atoms with van der Waals surface area (Å²) in [6.07, 6.45) is 6.46. The van der Waals surface area contributed by atoms with Crippen molar-refractivity contribution in [3.05, 3.63) is 95.4 Å². The van der Waals surface area contributed by atoms with E-state index < -0.39 is 0 Å². The summed E-state index contributed by atoms with van der Waals surface area (Å²) in [7, 11) is 1.67. The van der Waals surface area contributed by atoms with Gasteiger partial charge in [-0.05, 0) is 53.1 Å². The Morgan fingerprint density at radius 2 is 1.88 bits per heavy atom. The van der Waals surface area contributed by atoms with Gasteiger partial charge in [-0.3, -0.25) is 0 Å². The first-order chi connectivity index (χ1) is 16.2. The van der Waals surface area contributed by atoms with Gasteiger partial charge in [-0.25, -0.2) is 14.4 Å². The zero-order valence-electron chi connectivity index (χ0n) is 18.2. The molecule has 7 heteroatoms. The van der Waals surface area contributed by atoms with E-state index in [2.05, 4.69) is 48.8 Å². The van der Waals surface area contributed by atoms with Gasteiger partial charge in [0.15, 0.2) is 4.80 Å². The van der Waals surface area contributed by atoms with Gasteiger partial charge in [0.25, 0.3) is 0 Å². The molecule has 0 bridgehead atoms. The zero-order valence-corrected chi connectivity index (χ0v) is 19.0. The summed E-state index contributed by atoms with van der Waals surface area (Å²) < 4.78 is 23.9. The normalized spacial score (nSPS) is 11.9. The SMILES string of the molecule is COc1ccc2cc(-c3csc(=Nc4ccccc4F)n3CCCn3ccnc3)ccc2c1. The van der Waals surface area contributed by atoms with Crippen LogP contribution in [0.2, 0.25) is 0 Å². The molecule has 0 spiro atoms. The van der Waals surface area contributed by atoms with Gasteiger partial charge >= 0.3 is 0 Å². The lowest BCUT2D eigenvalue weighted by atomic mass is 10.0. The van der Waals surface area contributed by atoms with Crippen LogP contribution in [0.1, 0.15) is 6.42 Å². The van der Waals surface area contributed by atoms with Gasteiger partial charge in [-0.2, -0.15) is 0 Å². The van der Waals surface area contributed by atoms with Crippen LogP contribution < -0.4 is 9.54 Å². The average molecular weight is 459 g/mol. The second kappa shape index (κ2) is 9.42. The Kier molecular flexibility index (Phi) is 6.04. The highest BCUT2D eigenvalue weighted by Crippen LogP contribution is 2.28. The number of methoxy groups -OCH3 is 1. The second-order valence-electron chi connectivity index (χ2n) is 7.70. The number of hydrogen-bond donors (Lipinski definition) is 0. The van der Waals surface area contributed by atoms with E-state index >= 15 is 0 Å². The molecular formula is C26H23FN4OS. The summed E-state index contributed by atoms with van der Waals surface area (Å²) in [4.78, 5) is 9.55. The molecule has 0 aliphatic rings. The van der Waals surface area contributed by atoms with Crippen LogP contribution in [0.3, 0.4) is 0 Å². The number of fused-ring (bicyclic) bond motifs is 1. The van der Waals surface area contributed by atoms with Gasteiger partial charge in [0.1, 0.15) is 17.3 Å². The van der Waals surface area contributed by atoms with Gasteiger partial charge in [0, 0.05) is 30.9 Å². The van der Waals surface area contributed by atoms with Crippen molar-refractivity contribution in [2.75, 3.05) is 7.11 Å². The second-order valence-corrected chi connectivity index (χ2v) is 8.54. The molecule has 5 rings (SSSR count). The molecule has 0 amide bonds. The molecule has 0 radical (unpaired) electrons. The summed E-state index contributed by atoms with van der Waals surface area (Å²) in [6.45, 7) is 1.60. The average Bonchev–Trinajstić information content (AvgIpc) is 3.50. The number of rotatable bonds is 7. The van der Waals surface area contributed by atoms with E-state index in [1.54, 1.807) is 31.5 Å². The minimum Gasteiger partial charge on any atom is -0.497 e. The Bertz CT molecular complexity index is 1450. The summed E-state index contributed by atoms with van der Waals surface area (Å²) in [5.41, 5.74) is 2.51. The summed E-state index contributed by atoms with van der Waals surface area (Å²) in [6, 6.07) is 19.1. The minimum absolute atomic E-state index is 0.322. The van der Waals surface area contributed by atoms with E-state index in [1.807, 2.05) is 24.7 Å². The fourth-order valence-electron chi connectivity index (χ4n) is 3.85. The van der Waals surface area contributed by atoms with Crippen LogP contribution in [-0.4, -0.2) is 21.2 Å². The van der Waals surface area contributed by atoms with Gasteiger partial charge < -0.3 is 13.9 Å². The van der Waals surface area contributed by atoms with Crippen molar-refractivity contribution in [1.29, 1.82) is 0 Å². The number of thiazole rings is 1. The van der Waals surface area contributed by atoms with Crippen molar-refractivity contribution in [2.24, 2.45) is 4.99 Å². The Balaban J connectivity index is 1.55. The van der Waals surface area contributed by atoms with E-state index in [-0.39, 0.29) is 5.82 Å². The third kappa shape index (κ3) is 4.59. The van der Waals surface area contributed by atoms with Crippen LogP contribution in [0.25, 0.3) is 22.0 Å². The van der Waals surface area contributed by atoms with Crippen LogP contribution in [0.5, 0.6) is 5.75 Å². The number of ether oxygens (including phenoxy) is 1. The lowest BCUT2D eigenvalue weighted by Gasteiger charge is -2.11. The maximum atomic E-state index is 14.3. The van der Waals surface area contributed by atoms with Crippen LogP contribution >= 0.6 is 11.3 Å². The number of imidazole rings is 1. The van der Waals surface area contributed by atoms with E-state index in [4.69, 9.17) is 4.74 Å². The Morgan fingerprint density at radius 3 is 2.70 bits per heavy atom. The van der Waals surface area contributed by atoms with Crippen molar-refractivity contribution in [3.63, 3.8) is 0 Å². The van der Waals surface area contributed by atoms with Crippen molar-refractivity contribution < 1.29 is 9.13 Å². The molecule has 0 unspecified atom stereocenters. The highest BCUT2D eigenvalue weighted by molar-refractivity contribution is 7.07. The summed E-state index contributed by atoms with van der Waals surface area (Å²) >= 11 is 1.52. The smallest absolute Gasteiger partial charge is 0.190 e. The van der Waals surface area contributed by atoms with E-state index in [0.717, 1.165) is 52.1 Å². The molecule has 33 heavy (non-hydrogen) atoms. The molecule has 5 aromatic rings. The first-order valence-electron chi connectivity index (χ1n) is 10.7. The third-order valence-electron chi connectivity index (χ3n) is 5.57. The lowest BCUT2D eigenvalue weighted by molar-refractivity contribution is 0.415. The largest absolute Gasteiger partial charge is 0.497 e. The molecule has 2 aromatic heterocycles. The third-order valence-corrected chi connectivity index (χ3v) is 6.43. The van der Waals surface area contributed by atoms with E-state index in [9.17, 15) is 4.39 Å². The van der Waals surface area contributed by atoms with Gasteiger partial charge in [0.05, 0.1) is 19.1 Å². The number of aryl methyl sites for hydroxylation is 1. The van der Waals surface area contributed by atoms with E-state index in [1.165, 1.54) is 17.4 Å². The molecule has 0 aliphatic carbocycles. The predicted molar refractivity (Wildman–Crippen MR) is 130 cm³/mol. The van der Waals surface area contributed by atoms with Crippen LogP contribution in [0.15, 0.2) is 89.8 Å². The highest BCUT2D eigenvalue weighted by Gasteiger charge is 2.10. The molecule has 0 saturated heterocycles. The van der Waals surface area contributed by atoms with Crippen molar-refractivity contribution in [2.45, 2.75) is 19.5 Å². The lowest BCUT2D eigenvalue weighted by Crippen LogP contribution is -2.17. The Morgan fingerprint density at radius 1 is 1.03 bits per heavy atom. The molecule has 0 atom stereocenters. The number of aromatic nitrogens is 3. The predicted octanol–water partition coefficient (Wildman–Crippen LogP) is 6.04. The fourth-order valence-corrected chi connectivity index (χ4v) is 4.80. The number of hydrogen-bond acceptors (Lipinski definition) is 4. The Hall–Kier alpha value is -3.71. The summed E-state index contributed by atoms with van der Waals surface area (Å²) in [5, 5.41) is 4.36. The number of halogens is 1. The first kappa shape index (κ1) is 21.2. The fraction of sp³-hybridized carbons (Fsp3) is 0.154. The molecule has 0 N–H and O–H groups in total. The molecule has 2 heterocycles. The topological polar surface area (TPSA) is 44.3 Å². The highest BCUT2D eigenvalue weighted by atomic mass is 32.1. The van der Waals surface area contributed by atoms with Gasteiger partial charge in [-0.1, -0.05) is 30.3 Å². The molecule has 0 aliphatic heterocycles. The van der Waals surface area contributed by atoms with Crippen molar-refractivity contribution in [1.82, 2.24) is 14.1 Å². The molecule has 0 saturated carbocycles. The number of para-hydroxylation sites is 1. The zero-order chi connectivity index (χ0) is 22.6. The molecular weight excluding hydrogens is 435 g/mol. The van der Waals surface area contributed by atoms with Crippen LogP contribution in [0.4, 0.5) is 10.1 Å². The standard InChI is InChI=1S/C26H23FN4OS/c1-32-22-10-9-19-15-21(8-7-20(19)16-22)25-17-33-26(29-24-6-3-2-5-23(24)27)31(25)13-4-12-30-14-11-28-18-30/h2-3,5-11,14-18H,4,12-13H2,1H3. The quantitative estimate of drug-likeness (QED) is 0.299. The number of benzene rings is 3. The van der Waals surface area contributed by atoms with Crippen LogP contribution in [0, 0.1) is 5.82 Å².